The van der Waals surface area contributed by atoms with E-state index in [4.69, 9.17) is 4.74 Å². The van der Waals surface area contributed by atoms with Crippen molar-refractivity contribution in [3.63, 3.8) is 0 Å². The average Bonchev–Trinajstić information content (AvgIpc) is 2.83. The number of hydrazone groups is 1. The minimum atomic E-state index is -3.49. The number of rotatable bonds is 9. The topological polar surface area (TPSA) is 88.1 Å². The van der Waals surface area contributed by atoms with Gasteiger partial charge in [-0.1, -0.05) is 18.2 Å². The molecule has 7 nitrogen and oxygen atoms in total. The maximum absolute atomic E-state index is 12.6. The van der Waals surface area contributed by atoms with Crippen LogP contribution >= 0.6 is 0 Å². The van der Waals surface area contributed by atoms with Crippen molar-refractivity contribution < 1.29 is 17.9 Å². The summed E-state index contributed by atoms with van der Waals surface area (Å²) >= 11 is 0. The Morgan fingerprint density at radius 1 is 0.943 bits per heavy atom. The van der Waals surface area contributed by atoms with Crippen LogP contribution in [0.3, 0.4) is 0 Å². The summed E-state index contributed by atoms with van der Waals surface area (Å²) in [5.74, 6) is 0.427. The van der Waals surface area contributed by atoms with Gasteiger partial charge in [-0.15, -0.1) is 0 Å². The first kappa shape index (κ1) is 26.0. The number of carbonyl (C=O) groups is 1. The van der Waals surface area contributed by atoms with E-state index in [1.807, 2.05) is 64.1 Å². The van der Waals surface area contributed by atoms with Gasteiger partial charge < -0.3 is 4.74 Å². The molecule has 0 bridgehead atoms. The van der Waals surface area contributed by atoms with Crippen molar-refractivity contribution in [3.05, 3.63) is 94.5 Å². The minimum absolute atomic E-state index is 0.165. The quantitative estimate of drug-likeness (QED) is 0.342. The number of ether oxygens (including phenoxy) is 1. The number of aryl methyl sites for hydroxylation is 2. The maximum atomic E-state index is 12.6. The van der Waals surface area contributed by atoms with E-state index in [-0.39, 0.29) is 12.5 Å². The molecular formula is C27H31N3O4S. The van der Waals surface area contributed by atoms with Crippen LogP contribution in [-0.2, 0) is 16.6 Å². The number of carbonyl (C=O) groups excluding carboxylic acids is 1. The fourth-order valence-corrected chi connectivity index (χ4v) is 4.31. The molecule has 1 N–H and O–H groups in total. The zero-order chi connectivity index (χ0) is 25.6. The minimum Gasteiger partial charge on any atom is -0.494 e. The molecule has 0 unspecified atom stereocenters. The third-order valence-corrected chi connectivity index (χ3v) is 6.77. The number of anilines is 1. The largest absolute Gasteiger partial charge is 0.494 e. The Morgan fingerprint density at radius 2 is 1.57 bits per heavy atom. The lowest BCUT2D eigenvalue weighted by Gasteiger charge is -2.23. The fraction of sp³-hybridized carbons (Fsp3) is 0.259. The van der Waals surface area contributed by atoms with Crippen LogP contribution in [-0.4, -0.2) is 32.9 Å². The van der Waals surface area contributed by atoms with Crippen LogP contribution in [0.1, 0.15) is 46.5 Å². The van der Waals surface area contributed by atoms with E-state index in [1.165, 1.54) is 10.6 Å². The molecule has 35 heavy (non-hydrogen) atoms. The normalized spacial score (nSPS) is 11.7. The number of amides is 1. The number of hydrogen-bond acceptors (Lipinski definition) is 5. The maximum Gasteiger partial charge on any atom is 0.271 e. The lowest BCUT2D eigenvalue weighted by Crippen LogP contribution is -2.29. The molecule has 3 rings (SSSR count). The Kier molecular flexibility index (Phi) is 8.30. The molecule has 8 heteroatoms. The van der Waals surface area contributed by atoms with Crippen LogP contribution in [0.2, 0.25) is 0 Å². The predicted molar refractivity (Wildman–Crippen MR) is 141 cm³/mol. The van der Waals surface area contributed by atoms with Crippen LogP contribution in [0, 0.1) is 13.8 Å². The predicted octanol–water partition coefficient (Wildman–Crippen LogP) is 4.82. The number of benzene rings is 3. The molecule has 0 heterocycles. The molecule has 0 aromatic heterocycles. The van der Waals surface area contributed by atoms with Crippen LogP contribution in [0.15, 0.2) is 71.8 Å². The summed E-state index contributed by atoms with van der Waals surface area (Å²) in [4.78, 5) is 12.6. The van der Waals surface area contributed by atoms with Crippen molar-refractivity contribution in [1.29, 1.82) is 0 Å². The summed E-state index contributed by atoms with van der Waals surface area (Å²) < 4.78 is 31.7. The second-order valence-electron chi connectivity index (χ2n) is 8.33. The van der Waals surface area contributed by atoms with E-state index >= 15 is 0 Å². The number of nitrogens with zero attached hydrogens (tertiary/aromatic N) is 2. The fourth-order valence-electron chi connectivity index (χ4n) is 3.43. The Hall–Kier alpha value is -3.65. The first-order valence-electron chi connectivity index (χ1n) is 11.3. The molecule has 0 atom stereocenters. The van der Waals surface area contributed by atoms with Crippen molar-refractivity contribution in [3.8, 4) is 5.75 Å². The molecule has 184 valence electrons. The summed E-state index contributed by atoms with van der Waals surface area (Å²) in [6.45, 7) is 8.43. The van der Waals surface area contributed by atoms with E-state index in [0.29, 0.717) is 23.6 Å². The van der Waals surface area contributed by atoms with E-state index in [9.17, 15) is 13.2 Å². The van der Waals surface area contributed by atoms with Gasteiger partial charge in [-0.05, 0) is 98.5 Å². The van der Waals surface area contributed by atoms with Crippen molar-refractivity contribution in [2.75, 3.05) is 17.2 Å². The van der Waals surface area contributed by atoms with Crippen LogP contribution in [0.4, 0.5) is 5.69 Å². The zero-order valence-electron chi connectivity index (χ0n) is 20.7. The summed E-state index contributed by atoms with van der Waals surface area (Å²) in [7, 11) is -3.49. The Labute approximate surface area is 207 Å². The van der Waals surface area contributed by atoms with E-state index in [0.717, 1.165) is 28.0 Å². The summed E-state index contributed by atoms with van der Waals surface area (Å²) in [5.41, 5.74) is 8.01. The van der Waals surface area contributed by atoms with Gasteiger partial charge >= 0.3 is 0 Å². The van der Waals surface area contributed by atoms with Crippen LogP contribution in [0.25, 0.3) is 0 Å². The molecular weight excluding hydrogens is 462 g/mol. The van der Waals surface area contributed by atoms with Gasteiger partial charge in [0.1, 0.15) is 5.75 Å². The second-order valence-corrected chi connectivity index (χ2v) is 10.2. The van der Waals surface area contributed by atoms with Gasteiger partial charge in [0, 0.05) is 5.56 Å². The molecule has 3 aromatic carbocycles. The smallest absolute Gasteiger partial charge is 0.271 e. The van der Waals surface area contributed by atoms with Crippen LogP contribution < -0.4 is 14.5 Å². The highest BCUT2D eigenvalue weighted by Crippen LogP contribution is 2.23. The van der Waals surface area contributed by atoms with Crippen molar-refractivity contribution in [2.24, 2.45) is 5.10 Å². The first-order valence-corrected chi connectivity index (χ1v) is 13.1. The van der Waals surface area contributed by atoms with Gasteiger partial charge in [-0.25, -0.2) is 13.8 Å². The Balaban J connectivity index is 1.69. The molecule has 0 radical (unpaired) electrons. The SMILES string of the molecule is CCOc1ccc(/C(C)=N\NC(=O)c2ccc(CN(c3ccc(C)c(C)c3)S(C)(=O)=O)cc2)cc1. The third-order valence-electron chi connectivity index (χ3n) is 5.63. The molecule has 0 spiro atoms. The zero-order valence-corrected chi connectivity index (χ0v) is 21.5. The molecule has 0 fully saturated rings. The van der Waals surface area contributed by atoms with E-state index in [2.05, 4.69) is 10.5 Å². The molecule has 3 aromatic rings. The second kappa shape index (κ2) is 11.2. The Bertz CT molecular complexity index is 1320. The first-order chi connectivity index (χ1) is 16.6. The summed E-state index contributed by atoms with van der Waals surface area (Å²) in [5, 5.41) is 4.19. The molecule has 1 amide bonds. The highest BCUT2D eigenvalue weighted by molar-refractivity contribution is 7.92. The monoisotopic (exact) mass is 493 g/mol. The highest BCUT2D eigenvalue weighted by Gasteiger charge is 2.18. The van der Waals surface area contributed by atoms with Crippen LogP contribution in [0.5, 0.6) is 5.75 Å². The third kappa shape index (κ3) is 6.93. The molecule has 0 aliphatic heterocycles. The molecule has 0 saturated heterocycles. The van der Waals surface area contributed by atoms with E-state index in [1.54, 1.807) is 30.3 Å². The standard InChI is InChI=1S/C27H31N3O4S/c1-6-34-26-15-12-23(13-16-26)21(4)28-29-27(31)24-10-8-22(9-11-24)18-30(35(5,32)33)25-14-7-19(2)20(3)17-25/h7-17H,6,18H2,1-5H3,(H,29,31)/b28-21-. The van der Waals surface area contributed by atoms with Gasteiger partial charge in [0.15, 0.2) is 0 Å². The van der Waals surface area contributed by atoms with E-state index < -0.39 is 10.0 Å². The number of nitrogens with one attached hydrogen (secondary N) is 1. The molecule has 0 aliphatic rings. The summed E-state index contributed by atoms with van der Waals surface area (Å²) in [6, 6.07) is 19.9. The van der Waals surface area contributed by atoms with Crippen molar-refractivity contribution in [2.45, 2.75) is 34.2 Å². The van der Waals surface area contributed by atoms with Gasteiger partial charge in [0.2, 0.25) is 10.0 Å². The van der Waals surface area contributed by atoms with Gasteiger partial charge in [-0.2, -0.15) is 5.10 Å². The summed E-state index contributed by atoms with van der Waals surface area (Å²) in [6.07, 6.45) is 1.19. The lowest BCUT2D eigenvalue weighted by atomic mass is 10.1. The van der Waals surface area contributed by atoms with Gasteiger partial charge in [0.25, 0.3) is 5.91 Å². The average molecular weight is 494 g/mol. The molecule has 0 aliphatic carbocycles. The number of sulfonamides is 1. The molecule has 0 saturated carbocycles. The Morgan fingerprint density at radius 3 is 2.14 bits per heavy atom. The lowest BCUT2D eigenvalue weighted by molar-refractivity contribution is 0.0955. The highest BCUT2D eigenvalue weighted by atomic mass is 32.2. The number of hydrogen-bond donors (Lipinski definition) is 1. The van der Waals surface area contributed by atoms with Crippen molar-refractivity contribution >= 4 is 27.3 Å². The van der Waals surface area contributed by atoms with Gasteiger partial charge in [-0.3, -0.25) is 9.10 Å². The van der Waals surface area contributed by atoms with Gasteiger partial charge in [0.05, 0.1) is 30.8 Å². The van der Waals surface area contributed by atoms with Crippen molar-refractivity contribution in [1.82, 2.24) is 5.43 Å².